The number of rotatable bonds is 1. The van der Waals surface area contributed by atoms with Gasteiger partial charge in [0.25, 0.3) is 0 Å². The maximum atomic E-state index is 6.10. The molecule has 1 fully saturated rings. The predicted molar refractivity (Wildman–Crippen MR) is 74.8 cm³/mol. The Morgan fingerprint density at radius 3 is 2.61 bits per heavy atom. The molecular formula is C13H15Cl2O2Si. The number of hydrogen-bond acceptors (Lipinski definition) is 2. The van der Waals surface area contributed by atoms with Gasteiger partial charge in [-0.2, -0.15) is 0 Å². The third-order valence-corrected chi connectivity index (χ3v) is 5.74. The van der Waals surface area contributed by atoms with E-state index in [0.717, 1.165) is 29.3 Å². The van der Waals surface area contributed by atoms with Crippen LogP contribution < -0.4 is 9.92 Å². The van der Waals surface area contributed by atoms with Gasteiger partial charge in [-0.25, -0.2) is 0 Å². The van der Waals surface area contributed by atoms with Crippen molar-refractivity contribution >= 4 is 34.8 Å². The molecule has 18 heavy (non-hydrogen) atoms. The van der Waals surface area contributed by atoms with Crippen LogP contribution >= 0.6 is 22.2 Å². The van der Waals surface area contributed by atoms with Crippen molar-refractivity contribution in [3.63, 3.8) is 0 Å². The maximum Gasteiger partial charge on any atom is 0.307 e. The van der Waals surface area contributed by atoms with Gasteiger partial charge in [-0.05, 0) is 24.1 Å². The highest BCUT2D eigenvalue weighted by molar-refractivity contribution is 7.39. The van der Waals surface area contributed by atoms with Gasteiger partial charge in [-0.1, -0.05) is 18.6 Å². The first-order chi connectivity index (χ1) is 8.69. The van der Waals surface area contributed by atoms with Crippen LogP contribution in [0.3, 0.4) is 0 Å². The summed E-state index contributed by atoms with van der Waals surface area (Å²) in [7, 11) is -1.44. The minimum atomic E-state index is -1.44. The summed E-state index contributed by atoms with van der Waals surface area (Å²) in [5.41, 5.74) is 1.06. The Morgan fingerprint density at radius 2 is 1.89 bits per heavy atom. The number of hydrogen-bond donors (Lipinski definition) is 0. The molecule has 0 bridgehead atoms. The molecule has 1 saturated carbocycles. The summed E-state index contributed by atoms with van der Waals surface area (Å²) < 4.78 is 12.1. The fourth-order valence-electron chi connectivity index (χ4n) is 2.69. The highest BCUT2D eigenvalue weighted by Crippen LogP contribution is 2.39. The first-order valence-corrected chi connectivity index (χ1v) is 9.85. The van der Waals surface area contributed by atoms with Gasteiger partial charge in [0.05, 0.1) is 6.61 Å². The second kappa shape index (κ2) is 5.04. The summed E-state index contributed by atoms with van der Waals surface area (Å²) in [6.45, 7) is 0.603. The van der Waals surface area contributed by atoms with Gasteiger partial charge in [-0.15, -0.1) is 22.2 Å². The quantitative estimate of drug-likeness (QED) is 0.584. The summed E-state index contributed by atoms with van der Waals surface area (Å²) >= 11 is 11.9. The van der Waals surface area contributed by atoms with Crippen LogP contribution in [0, 0.1) is 0 Å². The first kappa shape index (κ1) is 12.8. The summed E-state index contributed by atoms with van der Waals surface area (Å²) in [6.07, 6.45) is 5.64. The molecule has 5 heteroatoms. The molecule has 0 saturated heterocycles. The normalized spacial score (nSPS) is 21.7. The van der Waals surface area contributed by atoms with E-state index in [-0.39, 0.29) is 5.79 Å². The first-order valence-electron chi connectivity index (χ1n) is 6.33. The van der Waals surface area contributed by atoms with E-state index in [4.69, 9.17) is 31.6 Å². The van der Waals surface area contributed by atoms with E-state index in [0.29, 0.717) is 6.61 Å². The van der Waals surface area contributed by atoms with Crippen LogP contribution in [-0.4, -0.2) is 13.2 Å². The average molecular weight is 302 g/mol. The summed E-state index contributed by atoms with van der Waals surface area (Å²) in [5.74, 6) is 0.561. The number of halogens is 2. The molecule has 1 heterocycles. The molecule has 2 aliphatic rings. The topological polar surface area (TPSA) is 18.5 Å². The van der Waals surface area contributed by atoms with Crippen LogP contribution in [0.15, 0.2) is 18.2 Å². The Morgan fingerprint density at radius 1 is 1.11 bits per heavy atom. The predicted octanol–water partition coefficient (Wildman–Crippen LogP) is 3.43. The van der Waals surface area contributed by atoms with Gasteiger partial charge in [0.2, 0.25) is 5.79 Å². The van der Waals surface area contributed by atoms with E-state index in [1.165, 1.54) is 19.3 Å². The third kappa shape index (κ3) is 2.41. The lowest BCUT2D eigenvalue weighted by atomic mass is 9.93. The Balaban J connectivity index is 1.85. The molecule has 1 aromatic rings. The molecule has 1 aliphatic heterocycles. The van der Waals surface area contributed by atoms with Crippen LogP contribution in [0.25, 0.3) is 0 Å². The zero-order chi connectivity index (χ0) is 12.6. The van der Waals surface area contributed by atoms with Gasteiger partial charge in [0.1, 0.15) is 5.75 Å². The second-order valence-corrected chi connectivity index (χ2v) is 8.89. The van der Waals surface area contributed by atoms with Gasteiger partial charge < -0.3 is 9.47 Å². The Hall–Kier alpha value is -0.223. The van der Waals surface area contributed by atoms with Gasteiger partial charge in [0, 0.05) is 18.4 Å². The van der Waals surface area contributed by atoms with Crippen molar-refractivity contribution in [3.8, 4) is 5.75 Å². The molecule has 0 atom stereocenters. The third-order valence-electron chi connectivity index (χ3n) is 3.68. The van der Waals surface area contributed by atoms with Crippen molar-refractivity contribution < 1.29 is 9.47 Å². The molecule has 3 rings (SSSR count). The van der Waals surface area contributed by atoms with Crippen LogP contribution in [-0.2, 0) is 11.3 Å². The minimum Gasteiger partial charge on any atom is -0.462 e. The van der Waals surface area contributed by atoms with Crippen LogP contribution in [0.5, 0.6) is 5.75 Å². The van der Waals surface area contributed by atoms with Crippen molar-refractivity contribution in [2.45, 2.75) is 44.5 Å². The summed E-state index contributed by atoms with van der Waals surface area (Å²) in [5, 5.41) is 0.994. The zero-order valence-electron chi connectivity index (χ0n) is 10.0. The summed E-state index contributed by atoms with van der Waals surface area (Å²) in [4.78, 5) is 0. The molecule has 1 aromatic carbocycles. The Labute approximate surface area is 118 Å². The molecule has 1 spiro atoms. The molecule has 1 aliphatic carbocycles. The van der Waals surface area contributed by atoms with E-state index in [2.05, 4.69) is 0 Å². The molecule has 1 radical (unpaired) electrons. The van der Waals surface area contributed by atoms with Gasteiger partial charge >= 0.3 is 7.42 Å². The van der Waals surface area contributed by atoms with E-state index < -0.39 is 7.42 Å². The SMILES string of the molecule is Cl[Si](Cl)c1ccc2c(c1)COC1(CCCCC1)O2. The largest absolute Gasteiger partial charge is 0.462 e. The lowest BCUT2D eigenvalue weighted by Gasteiger charge is -2.41. The smallest absolute Gasteiger partial charge is 0.307 e. The van der Waals surface area contributed by atoms with Crippen LogP contribution in [0.4, 0.5) is 0 Å². The monoisotopic (exact) mass is 301 g/mol. The Bertz CT molecular complexity index is 445. The standard InChI is InChI=1S/C13H15Cl2O2Si/c14-18(15)11-4-5-12-10(8-11)9-16-13(17-12)6-2-1-3-7-13/h4-5,8H,1-3,6-7,9H2. The van der Waals surface area contributed by atoms with Crippen LogP contribution in [0.2, 0.25) is 0 Å². The lowest BCUT2D eigenvalue weighted by molar-refractivity contribution is -0.222. The van der Waals surface area contributed by atoms with E-state index in [9.17, 15) is 0 Å². The second-order valence-electron chi connectivity index (χ2n) is 4.94. The fraction of sp³-hybridized carbons (Fsp3) is 0.538. The van der Waals surface area contributed by atoms with E-state index >= 15 is 0 Å². The van der Waals surface area contributed by atoms with E-state index in [1.54, 1.807) is 0 Å². The molecule has 0 amide bonds. The maximum absolute atomic E-state index is 6.10. The Kier molecular flexibility index (Phi) is 3.58. The molecular weight excluding hydrogens is 287 g/mol. The number of benzene rings is 1. The van der Waals surface area contributed by atoms with Gasteiger partial charge in [-0.3, -0.25) is 0 Å². The van der Waals surface area contributed by atoms with Crippen molar-refractivity contribution in [1.29, 1.82) is 0 Å². The summed E-state index contributed by atoms with van der Waals surface area (Å²) in [6, 6.07) is 5.97. The average Bonchev–Trinajstić information content (AvgIpc) is 2.39. The zero-order valence-corrected chi connectivity index (χ0v) is 12.6. The number of fused-ring (bicyclic) bond motifs is 1. The molecule has 97 valence electrons. The molecule has 0 aromatic heterocycles. The van der Waals surface area contributed by atoms with Crippen molar-refractivity contribution in [1.82, 2.24) is 0 Å². The van der Waals surface area contributed by atoms with E-state index in [1.807, 2.05) is 18.2 Å². The minimum absolute atomic E-state index is 0.373. The van der Waals surface area contributed by atoms with Crippen molar-refractivity contribution in [2.24, 2.45) is 0 Å². The molecule has 0 N–H and O–H groups in total. The highest BCUT2D eigenvalue weighted by atomic mass is 35.7. The number of ether oxygens (including phenoxy) is 2. The molecule has 0 unspecified atom stereocenters. The van der Waals surface area contributed by atoms with Crippen molar-refractivity contribution in [2.75, 3.05) is 0 Å². The van der Waals surface area contributed by atoms with Crippen LogP contribution in [0.1, 0.15) is 37.7 Å². The molecule has 2 nitrogen and oxygen atoms in total. The highest BCUT2D eigenvalue weighted by Gasteiger charge is 2.38. The lowest BCUT2D eigenvalue weighted by Crippen LogP contribution is -2.43. The van der Waals surface area contributed by atoms with Gasteiger partial charge in [0.15, 0.2) is 0 Å². The fourth-order valence-corrected chi connectivity index (χ4v) is 3.88. The van der Waals surface area contributed by atoms with Crippen molar-refractivity contribution in [3.05, 3.63) is 23.8 Å².